The monoisotopic (exact) mass is 255 g/mol. The van der Waals surface area contributed by atoms with Crippen LogP contribution >= 0.6 is 0 Å². The maximum Gasteiger partial charge on any atom is 0.248 e. The van der Waals surface area contributed by atoms with E-state index >= 15 is 0 Å². The van der Waals surface area contributed by atoms with Crippen LogP contribution in [0.3, 0.4) is 0 Å². The Balaban J connectivity index is 2.49. The lowest BCUT2D eigenvalue weighted by Crippen LogP contribution is -2.65. The van der Waals surface area contributed by atoms with E-state index < -0.39 is 5.54 Å². The second-order valence-corrected chi connectivity index (χ2v) is 5.47. The van der Waals surface area contributed by atoms with Crippen molar-refractivity contribution in [2.45, 2.75) is 38.6 Å². The van der Waals surface area contributed by atoms with E-state index in [1.54, 1.807) is 11.8 Å². The average molecular weight is 255 g/mol. The zero-order valence-electron chi connectivity index (χ0n) is 12.0. The smallest absolute Gasteiger partial charge is 0.248 e. The molecule has 0 aromatic rings. The Kier molecular flexibility index (Phi) is 5.14. The second-order valence-electron chi connectivity index (χ2n) is 5.47. The number of nitrogens with zero attached hydrogens (tertiary/aromatic N) is 2. The zero-order valence-corrected chi connectivity index (χ0v) is 12.0. The van der Waals surface area contributed by atoms with Gasteiger partial charge in [0.2, 0.25) is 11.8 Å². The molecular weight excluding hydrogens is 230 g/mol. The second kappa shape index (κ2) is 6.18. The zero-order chi connectivity index (χ0) is 13.8. The highest BCUT2D eigenvalue weighted by atomic mass is 16.2. The number of unbranched alkanes of at least 4 members (excludes halogenated alkanes) is 1. The fourth-order valence-corrected chi connectivity index (χ4v) is 2.15. The first-order valence-corrected chi connectivity index (χ1v) is 6.64. The van der Waals surface area contributed by atoms with Crippen molar-refractivity contribution in [3.05, 3.63) is 0 Å². The van der Waals surface area contributed by atoms with Crippen molar-refractivity contribution in [1.29, 1.82) is 0 Å². The number of hydrogen-bond donors (Lipinski definition) is 1. The number of rotatable bonds is 6. The summed E-state index contributed by atoms with van der Waals surface area (Å²) in [5.41, 5.74) is -0.711. The molecule has 1 rings (SSSR count). The first-order valence-electron chi connectivity index (χ1n) is 6.64. The molecule has 1 saturated heterocycles. The molecule has 1 aliphatic rings. The first kappa shape index (κ1) is 15.0. The molecule has 0 spiro atoms. The van der Waals surface area contributed by atoms with E-state index in [1.807, 2.05) is 21.0 Å². The summed E-state index contributed by atoms with van der Waals surface area (Å²) in [6, 6.07) is 0. The number of amides is 2. The summed E-state index contributed by atoms with van der Waals surface area (Å²) in [6.07, 6.45) is 2.62. The van der Waals surface area contributed by atoms with Gasteiger partial charge in [0, 0.05) is 6.54 Å². The molecule has 0 radical (unpaired) electrons. The van der Waals surface area contributed by atoms with Crippen LogP contribution in [0.1, 0.15) is 33.1 Å². The Morgan fingerprint density at radius 3 is 2.56 bits per heavy atom. The van der Waals surface area contributed by atoms with Gasteiger partial charge in [-0.2, -0.15) is 0 Å². The molecule has 1 aliphatic heterocycles. The van der Waals surface area contributed by atoms with Gasteiger partial charge in [0.25, 0.3) is 0 Å². The highest BCUT2D eigenvalue weighted by Gasteiger charge is 2.40. The Hall–Kier alpha value is -1.10. The molecule has 0 aromatic heterocycles. The van der Waals surface area contributed by atoms with Gasteiger partial charge < -0.3 is 15.1 Å². The van der Waals surface area contributed by atoms with Crippen LogP contribution in [0.15, 0.2) is 0 Å². The molecule has 0 bridgehead atoms. The van der Waals surface area contributed by atoms with Crippen LogP contribution in [0, 0.1) is 0 Å². The number of piperazine rings is 1. The molecular formula is C13H25N3O2. The van der Waals surface area contributed by atoms with Crippen molar-refractivity contribution in [3.8, 4) is 0 Å². The molecule has 5 heteroatoms. The minimum atomic E-state index is -0.711. The van der Waals surface area contributed by atoms with E-state index in [-0.39, 0.29) is 18.4 Å². The lowest BCUT2D eigenvalue weighted by Gasteiger charge is -2.39. The van der Waals surface area contributed by atoms with Crippen LogP contribution in [0.25, 0.3) is 0 Å². The van der Waals surface area contributed by atoms with Gasteiger partial charge in [0.05, 0.1) is 6.54 Å². The standard InChI is InChI=1S/C13H25N3O2/c1-5-13(2)12(18)16(10-11(17)14-13)9-7-6-8-15(3)4/h5-10H2,1-4H3,(H,14,17). The minimum Gasteiger partial charge on any atom is -0.340 e. The summed E-state index contributed by atoms with van der Waals surface area (Å²) < 4.78 is 0. The van der Waals surface area contributed by atoms with Crippen LogP contribution in [0.5, 0.6) is 0 Å². The number of carbonyl (C=O) groups is 2. The summed E-state index contributed by atoms with van der Waals surface area (Å²) in [7, 11) is 4.07. The first-order chi connectivity index (χ1) is 8.39. The fourth-order valence-electron chi connectivity index (χ4n) is 2.15. The molecule has 0 aliphatic carbocycles. The van der Waals surface area contributed by atoms with Gasteiger partial charge in [-0.25, -0.2) is 0 Å². The maximum atomic E-state index is 12.3. The molecule has 2 amide bonds. The number of hydrogen-bond acceptors (Lipinski definition) is 3. The molecule has 1 fully saturated rings. The third kappa shape index (κ3) is 3.70. The normalized spacial score (nSPS) is 24.6. The van der Waals surface area contributed by atoms with E-state index in [1.165, 1.54) is 0 Å². The van der Waals surface area contributed by atoms with Gasteiger partial charge in [-0.15, -0.1) is 0 Å². The molecule has 0 saturated carbocycles. The summed E-state index contributed by atoms with van der Waals surface area (Å²) in [5.74, 6) is 0.000938. The molecule has 5 nitrogen and oxygen atoms in total. The van der Waals surface area contributed by atoms with Crippen molar-refractivity contribution in [3.63, 3.8) is 0 Å². The topological polar surface area (TPSA) is 52.7 Å². The quantitative estimate of drug-likeness (QED) is 0.701. The molecule has 0 aromatic carbocycles. The highest BCUT2D eigenvalue weighted by Crippen LogP contribution is 2.18. The largest absolute Gasteiger partial charge is 0.340 e. The van der Waals surface area contributed by atoms with Gasteiger partial charge in [-0.05, 0) is 46.8 Å². The Labute approximate surface area is 110 Å². The minimum absolute atomic E-state index is 0.0495. The van der Waals surface area contributed by atoms with Crippen molar-refractivity contribution in [1.82, 2.24) is 15.1 Å². The van der Waals surface area contributed by atoms with Gasteiger partial charge in [-0.3, -0.25) is 9.59 Å². The lowest BCUT2D eigenvalue weighted by molar-refractivity contribution is -0.149. The van der Waals surface area contributed by atoms with Crippen molar-refractivity contribution < 1.29 is 9.59 Å². The SMILES string of the molecule is CCC1(C)NC(=O)CN(CCCCN(C)C)C1=O. The molecule has 1 heterocycles. The van der Waals surface area contributed by atoms with Crippen molar-refractivity contribution in [2.24, 2.45) is 0 Å². The van der Waals surface area contributed by atoms with E-state index in [2.05, 4.69) is 10.2 Å². The predicted octanol–water partition coefficient (Wildman–Crippen LogP) is 0.455. The van der Waals surface area contributed by atoms with Crippen LogP contribution < -0.4 is 5.32 Å². The molecule has 104 valence electrons. The molecule has 18 heavy (non-hydrogen) atoms. The van der Waals surface area contributed by atoms with Crippen molar-refractivity contribution in [2.75, 3.05) is 33.7 Å². The molecule has 1 N–H and O–H groups in total. The predicted molar refractivity (Wildman–Crippen MR) is 71.2 cm³/mol. The summed E-state index contributed by atoms with van der Waals surface area (Å²) in [5, 5.41) is 2.79. The van der Waals surface area contributed by atoms with E-state index in [0.717, 1.165) is 19.4 Å². The van der Waals surface area contributed by atoms with Crippen molar-refractivity contribution >= 4 is 11.8 Å². The number of carbonyl (C=O) groups excluding carboxylic acids is 2. The highest BCUT2D eigenvalue weighted by molar-refractivity contribution is 5.97. The van der Waals surface area contributed by atoms with Gasteiger partial charge in [0.15, 0.2) is 0 Å². The third-order valence-corrected chi connectivity index (χ3v) is 3.50. The van der Waals surface area contributed by atoms with Crippen LogP contribution in [0.4, 0.5) is 0 Å². The van der Waals surface area contributed by atoms with E-state index in [4.69, 9.17) is 0 Å². The van der Waals surface area contributed by atoms with Crippen LogP contribution in [0.2, 0.25) is 0 Å². The number of nitrogens with one attached hydrogen (secondary N) is 1. The Morgan fingerprint density at radius 2 is 2.00 bits per heavy atom. The van der Waals surface area contributed by atoms with E-state index in [0.29, 0.717) is 13.0 Å². The summed E-state index contributed by atoms with van der Waals surface area (Å²) >= 11 is 0. The van der Waals surface area contributed by atoms with Gasteiger partial charge in [-0.1, -0.05) is 6.92 Å². The lowest BCUT2D eigenvalue weighted by atomic mass is 9.94. The van der Waals surface area contributed by atoms with Gasteiger partial charge >= 0.3 is 0 Å². The maximum absolute atomic E-state index is 12.3. The average Bonchev–Trinajstić information content (AvgIpc) is 2.30. The van der Waals surface area contributed by atoms with Crippen LogP contribution in [-0.4, -0.2) is 60.9 Å². The summed E-state index contributed by atoms with van der Waals surface area (Å²) in [6.45, 7) is 5.62. The fraction of sp³-hybridized carbons (Fsp3) is 0.846. The van der Waals surface area contributed by atoms with Gasteiger partial charge in [0.1, 0.15) is 5.54 Å². The third-order valence-electron chi connectivity index (χ3n) is 3.50. The Bertz CT molecular complexity index is 317. The van der Waals surface area contributed by atoms with Crippen LogP contribution in [-0.2, 0) is 9.59 Å². The Morgan fingerprint density at radius 1 is 1.33 bits per heavy atom. The van der Waals surface area contributed by atoms with E-state index in [9.17, 15) is 9.59 Å². The molecule has 1 atom stereocenters. The molecule has 1 unspecified atom stereocenters. The summed E-state index contributed by atoms with van der Waals surface area (Å²) in [4.78, 5) is 27.7.